The van der Waals surface area contributed by atoms with Gasteiger partial charge in [-0.25, -0.2) is 0 Å². The molecule has 1 heterocycles. The van der Waals surface area contributed by atoms with Gasteiger partial charge in [0.15, 0.2) is 0 Å². The van der Waals surface area contributed by atoms with Gasteiger partial charge >= 0.3 is 0 Å². The Balaban J connectivity index is 2.06. The lowest BCUT2D eigenvalue weighted by Crippen LogP contribution is -2.27. The Morgan fingerprint density at radius 2 is 2.30 bits per heavy atom. The fraction of sp³-hybridized carbons (Fsp3) is 1.00. The van der Waals surface area contributed by atoms with E-state index in [2.05, 4.69) is 12.2 Å². The van der Waals surface area contributed by atoms with Crippen molar-refractivity contribution in [1.82, 2.24) is 5.32 Å². The van der Waals surface area contributed by atoms with Crippen molar-refractivity contribution in [3.8, 4) is 0 Å². The summed E-state index contributed by atoms with van der Waals surface area (Å²) in [4.78, 5) is 0. The fourth-order valence-electron chi connectivity index (χ4n) is 1.59. The molecule has 2 N–H and O–H groups in total. The zero-order valence-corrected chi connectivity index (χ0v) is 6.64. The summed E-state index contributed by atoms with van der Waals surface area (Å²) in [5, 5.41) is 12.0. The Bertz CT molecular complexity index is 95.3. The predicted octanol–water partition coefficient (Wildman–Crippen LogP) is 0.899. The molecule has 0 aliphatic carbocycles. The summed E-state index contributed by atoms with van der Waals surface area (Å²) < 4.78 is 0. The van der Waals surface area contributed by atoms with Crippen molar-refractivity contribution >= 4 is 0 Å². The van der Waals surface area contributed by atoms with E-state index in [4.69, 9.17) is 5.11 Å². The van der Waals surface area contributed by atoms with Crippen LogP contribution in [0.5, 0.6) is 0 Å². The predicted molar refractivity (Wildman–Crippen MR) is 41.9 cm³/mol. The molecule has 0 bridgehead atoms. The molecule has 2 nitrogen and oxygen atoms in total. The smallest absolute Gasteiger partial charge is 0.0431 e. The summed E-state index contributed by atoms with van der Waals surface area (Å²) in [7, 11) is 0. The molecule has 0 radical (unpaired) electrons. The molecular weight excluding hydrogens is 126 g/mol. The summed E-state index contributed by atoms with van der Waals surface area (Å²) in [6.45, 7) is 2.56. The number of aliphatic hydroxyl groups is 1. The lowest BCUT2D eigenvalue weighted by Gasteiger charge is -2.09. The normalized spacial score (nSPS) is 33.0. The topological polar surface area (TPSA) is 32.3 Å². The molecule has 1 aliphatic rings. The molecule has 2 atom stereocenters. The summed E-state index contributed by atoms with van der Waals surface area (Å²) in [5.41, 5.74) is 0. The highest BCUT2D eigenvalue weighted by Gasteiger charge is 2.18. The summed E-state index contributed by atoms with van der Waals surface area (Å²) in [6.07, 6.45) is 4.68. The Labute approximate surface area is 62.6 Å². The van der Waals surface area contributed by atoms with Gasteiger partial charge in [-0.2, -0.15) is 0 Å². The van der Waals surface area contributed by atoms with Crippen molar-refractivity contribution < 1.29 is 5.11 Å². The third-order valence-corrected chi connectivity index (χ3v) is 2.18. The van der Waals surface area contributed by atoms with Gasteiger partial charge in [0.05, 0.1) is 0 Å². The van der Waals surface area contributed by atoms with Gasteiger partial charge in [0.1, 0.15) is 0 Å². The standard InChI is InChI=1S/C8H17NO/c1-7-4-5-8(9-7)3-2-6-10/h7-10H,2-6H2,1H3/t7-,8+/m1/s1. The van der Waals surface area contributed by atoms with Crippen LogP contribution < -0.4 is 5.32 Å². The molecular formula is C8H17NO. The van der Waals surface area contributed by atoms with Crippen LogP contribution in [0.4, 0.5) is 0 Å². The first-order valence-electron chi connectivity index (χ1n) is 4.20. The van der Waals surface area contributed by atoms with Gasteiger partial charge in [0, 0.05) is 18.7 Å². The van der Waals surface area contributed by atoms with Gasteiger partial charge in [0.2, 0.25) is 0 Å². The minimum atomic E-state index is 0.340. The first-order valence-corrected chi connectivity index (χ1v) is 4.20. The minimum Gasteiger partial charge on any atom is -0.396 e. The van der Waals surface area contributed by atoms with E-state index >= 15 is 0 Å². The number of aliphatic hydroxyl groups excluding tert-OH is 1. The van der Waals surface area contributed by atoms with E-state index in [9.17, 15) is 0 Å². The quantitative estimate of drug-likeness (QED) is 0.615. The van der Waals surface area contributed by atoms with Crippen LogP contribution in [0.2, 0.25) is 0 Å². The molecule has 0 unspecified atom stereocenters. The molecule has 1 rings (SSSR count). The van der Waals surface area contributed by atoms with E-state index in [-0.39, 0.29) is 0 Å². The first-order chi connectivity index (χ1) is 4.83. The van der Waals surface area contributed by atoms with Gasteiger partial charge < -0.3 is 10.4 Å². The van der Waals surface area contributed by atoms with Crippen LogP contribution in [-0.2, 0) is 0 Å². The van der Waals surface area contributed by atoms with Crippen LogP contribution in [0.1, 0.15) is 32.6 Å². The van der Waals surface area contributed by atoms with Crippen molar-refractivity contribution in [2.24, 2.45) is 0 Å². The van der Waals surface area contributed by atoms with E-state index in [1.165, 1.54) is 12.8 Å². The van der Waals surface area contributed by atoms with Crippen molar-refractivity contribution in [2.75, 3.05) is 6.61 Å². The number of hydrogen-bond donors (Lipinski definition) is 2. The zero-order valence-electron chi connectivity index (χ0n) is 6.64. The van der Waals surface area contributed by atoms with E-state index in [0.29, 0.717) is 18.7 Å². The molecule has 0 aromatic heterocycles. The van der Waals surface area contributed by atoms with Gasteiger partial charge in [0.25, 0.3) is 0 Å². The molecule has 60 valence electrons. The second-order valence-corrected chi connectivity index (χ2v) is 3.21. The van der Waals surface area contributed by atoms with Crippen LogP contribution in [0.25, 0.3) is 0 Å². The SMILES string of the molecule is C[C@@H]1CC[C@H](CCCO)N1. The Morgan fingerprint density at radius 1 is 1.50 bits per heavy atom. The lowest BCUT2D eigenvalue weighted by atomic mass is 10.1. The maximum Gasteiger partial charge on any atom is 0.0431 e. The largest absolute Gasteiger partial charge is 0.396 e. The molecule has 0 saturated carbocycles. The van der Waals surface area contributed by atoms with Crippen LogP contribution in [0, 0.1) is 0 Å². The maximum absolute atomic E-state index is 8.56. The highest BCUT2D eigenvalue weighted by molar-refractivity contribution is 4.79. The van der Waals surface area contributed by atoms with Crippen molar-refractivity contribution in [2.45, 2.75) is 44.7 Å². The van der Waals surface area contributed by atoms with Crippen molar-refractivity contribution in [1.29, 1.82) is 0 Å². The average Bonchev–Trinajstić information content (AvgIpc) is 2.31. The second kappa shape index (κ2) is 3.94. The molecule has 0 aromatic rings. The molecule has 0 amide bonds. The van der Waals surface area contributed by atoms with Gasteiger partial charge in [-0.1, -0.05) is 0 Å². The monoisotopic (exact) mass is 143 g/mol. The third-order valence-electron chi connectivity index (χ3n) is 2.18. The summed E-state index contributed by atoms with van der Waals surface area (Å²) in [5.74, 6) is 0. The molecule has 1 aliphatic heterocycles. The molecule has 0 aromatic carbocycles. The van der Waals surface area contributed by atoms with Crippen LogP contribution in [-0.4, -0.2) is 23.8 Å². The molecule has 1 fully saturated rings. The minimum absolute atomic E-state index is 0.340. The maximum atomic E-state index is 8.56. The molecule has 2 heteroatoms. The average molecular weight is 143 g/mol. The van der Waals surface area contributed by atoms with Crippen LogP contribution in [0.3, 0.4) is 0 Å². The molecule has 10 heavy (non-hydrogen) atoms. The van der Waals surface area contributed by atoms with Crippen LogP contribution >= 0.6 is 0 Å². The third kappa shape index (κ3) is 2.27. The van der Waals surface area contributed by atoms with E-state index in [1.54, 1.807) is 0 Å². The Morgan fingerprint density at radius 3 is 2.80 bits per heavy atom. The fourth-order valence-corrected chi connectivity index (χ4v) is 1.59. The van der Waals surface area contributed by atoms with E-state index < -0.39 is 0 Å². The highest BCUT2D eigenvalue weighted by Crippen LogP contribution is 2.15. The zero-order chi connectivity index (χ0) is 7.40. The number of hydrogen-bond acceptors (Lipinski definition) is 2. The number of nitrogens with one attached hydrogen (secondary N) is 1. The summed E-state index contributed by atoms with van der Waals surface area (Å²) in [6, 6.07) is 1.38. The molecule has 0 spiro atoms. The second-order valence-electron chi connectivity index (χ2n) is 3.21. The van der Waals surface area contributed by atoms with E-state index in [0.717, 1.165) is 12.8 Å². The summed E-state index contributed by atoms with van der Waals surface area (Å²) >= 11 is 0. The Hall–Kier alpha value is -0.0800. The highest BCUT2D eigenvalue weighted by atomic mass is 16.2. The van der Waals surface area contributed by atoms with Crippen molar-refractivity contribution in [3.63, 3.8) is 0 Å². The van der Waals surface area contributed by atoms with Crippen molar-refractivity contribution in [3.05, 3.63) is 0 Å². The van der Waals surface area contributed by atoms with Gasteiger partial charge in [-0.3, -0.25) is 0 Å². The van der Waals surface area contributed by atoms with E-state index in [1.807, 2.05) is 0 Å². The Kier molecular flexibility index (Phi) is 3.16. The number of rotatable bonds is 3. The first kappa shape index (κ1) is 8.02. The molecule has 1 saturated heterocycles. The van der Waals surface area contributed by atoms with Gasteiger partial charge in [-0.15, -0.1) is 0 Å². The van der Waals surface area contributed by atoms with Gasteiger partial charge in [-0.05, 0) is 32.6 Å². The lowest BCUT2D eigenvalue weighted by molar-refractivity contribution is 0.277. The van der Waals surface area contributed by atoms with Crippen LogP contribution in [0.15, 0.2) is 0 Å².